The number of hydrogen-bond acceptors (Lipinski definition) is 3. The molecule has 2 N–H and O–H groups in total. The SMILES string of the molecule is N#C[C@H]1[C@H](c2ccc(C#CC3CCCCC3)cc2)[C@@H](CO)N1C(=O)Nc1ccc(F)cc1. The highest BCUT2D eigenvalue weighted by atomic mass is 19.1. The number of likely N-dealkylation sites (tertiary alicyclic amines) is 1. The molecule has 2 amide bonds. The number of aliphatic hydroxyl groups is 1. The van der Waals surface area contributed by atoms with Crippen LogP contribution in [-0.2, 0) is 0 Å². The van der Waals surface area contributed by atoms with E-state index in [-0.39, 0.29) is 12.5 Å². The Morgan fingerprint density at radius 1 is 1.09 bits per heavy atom. The molecule has 2 fully saturated rings. The first-order valence-corrected chi connectivity index (χ1v) is 11.1. The van der Waals surface area contributed by atoms with Gasteiger partial charge in [0.1, 0.15) is 11.9 Å². The summed E-state index contributed by atoms with van der Waals surface area (Å²) in [6.07, 6.45) is 6.15. The summed E-state index contributed by atoms with van der Waals surface area (Å²) in [5.41, 5.74) is 2.25. The maximum atomic E-state index is 13.1. The van der Waals surface area contributed by atoms with Crippen molar-refractivity contribution in [3.63, 3.8) is 0 Å². The predicted molar refractivity (Wildman–Crippen MR) is 120 cm³/mol. The molecule has 0 unspecified atom stereocenters. The molecule has 1 heterocycles. The van der Waals surface area contributed by atoms with Crippen molar-refractivity contribution in [3.05, 3.63) is 65.5 Å². The molecular formula is C26H26FN3O2. The molecule has 2 aromatic carbocycles. The molecule has 1 aliphatic heterocycles. The summed E-state index contributed by atoms with van der Waals surface area (Å²) in [5, 5.41) is 22.3. The average Bonchev–Trinajstić information content (AvgIpc) is 2.80. The van der Waals surface area contributed by atoms with Crippen LogP contribution in [0.5, 0.6) is 0 Å². The highest BCUT2D eigenvalue weighted by Gasteiger charge is 2.51. The number of carbonyl (C=O) groups is 1. The topological polar surface area (TPSA) is 76.4 Å². The lowest BCUT2D eigenvalue weighted by molar-refractivity contribution is 0.0224. The third kappa shape index (κ3) is 4.61. The standard InChI is InChI=1S/C26H26FN3O2/c27-21-12-14-22(15-13-21)29-26(32)30-23(16-28)25(24(30)17-31)20-10-8-19(9-11-20)7-6-18-4-2-1-3-5-18/h8-15,18,23-25,31H,1-5,17H2,(H,29,32)/t23-,24+,25-/m0/s1. The van der Waals surface area contributed by atoms with Gasteiger partial charge in [0.05, 0.1) is 18.7 Å². The van der Waals surface area contributed by atoms with Gasteiger partial charge < -0.3 is 15.3 Å². The molecule has 0 aromatic heterocycles. The number of amides is 2. The molecule has 0 radical (unpaired) electrons. The monoisotopic (exact) mass is 431 g/mol. The summed E-state index contributed by atoms with van der Waals surface area (Å²) in [6, 6.07) is 13.6. The first kappa shape index (κ1) is 21.9. The minimum atomic E-state index is -0.702. The fourth-order valence-corrected chi connectivity index (χ4v) is 4.63. The molecule has 6 heteroatoms. The van der Waals surface area contributed by atoms with E-state index in [1.807, 2.05) is 24.3 Å². The smallest absolute Gasteiger partial charge is 0.323 e. The Bertz CT molecular complexity index is 1040. The zero-order valence-electron chi connectivity index (χ0n) is 17.8. The molecule has 0 bridgehead atoms. The van der Waals surface area contributed by atoms with E-state index in [9.17, 15) is 19.6 Å². The summed E-state index contributed by atoms with van der Waals surface area (Å²) in [5.74, 6) is 6.42. The number of aliphatic hydroxyl groups excluding tert-OH is 1. The third-order valence-corrected chi connectivity index (χ3v) is 6.38. The van der Waals surface area contributed by atoms with Crippen molar-refractivity contribution in [2.45, 2.75) is 50.1 Å². The summed E-state index contributed by atoms with van der Waals surface area (Å²) in [6.45, 7) is -0.261. The van der Waals surface area contributed by atoms with Gasteiger partial charge >= 0.3 is 6.03 Å². The quantitative estimate of drug-likeness (QED) is 0.695. The molecule has 0 spiro atoms. The van der Waals surface area contributed by atoms with Crippen LogP contribution < -0.4 is 5.32 Å². The summed E-state index contributed by atoms with van der Waals surface area (Å²) < 4.78 is 13.1. The van der Waals surface area contributed by atoms with Crippen molar-refractivity contribution in [2.75, 3.05) is 11.9 Å². The number of carbonyl (C=O) groups excluding carboxylic acids is 1. The van der Waals surface area contributed by atoms with Gasteiger partial charge in [-0.25, -0.2) is 9.18 Å². The highest BCUT2D eigenvalue weighted by Crippen LogP contribution is 2.40. The van der Waals surface area contributed by atoms with Gasteiger partial charge in [0.15, 0.2) is 0 Å². The fourth-order valence-electron chi connectivity index (χ4n) is 4.63. The Labute approximate surface area is 187 Å². The number of nitriles is 1. The van der Waals surface area contributed by atoms with Crippen LogP contribution >= 0.6 is 0 Å². The van der Waals surface area contributed by atoms with E-state index in [0.717, 1.165) is 11.1 Å². The summed E-state index contributed by atoms with van der Waals surface area (Å²) >= 11 is 0. The van der Waals surface area contributed by atoms with Crippen LogP contribution in [0.15, 0.2) is 48.5 Å². The van der Waals surface area contributed by atoms with Crippen molar-refractivity contribution in [1.82, 2.24) is 4.90 Å². The van der Waals surface area contributed by atoms with Gasteiger partial charge in [0, 0.05) is 23.1 Å². The summed E-state index contributed by atoms with van der Waals surface area (Å²) in [7, 11) is 0. The van der Waals surface area contributed by atoms with Crippen LogP contribution in [0.3, 0.4) is 0 Å². The van der Waals surface area contributed by atoms with E-state index in [4.69, 9.17) is 0 Å². The zero-order valence-corrected chi connectivity index (χ0v) is 17.8. The first-order valence-electron chi connectivity index (χ1n) is 11.1. The number of benzene rings is 2. The van der Waals surface area contributed by atoms with Crippen LogP contribution in [0.4, 0.5) is 14.9 Å². The van der Waals surface area contributed by atoms with Gasteiger partial charge in [-0.3, -0.25) is 0 Å². The second-order valence-corrected chi connectivity index (χ2v) is 8.42. The number of urea groups is 1. The van der Waals surface area contributed by atoms with Crippen molar-refractivity contribution >= 4 is 11.7 Å². The Hall–Kier alpha value is -3.35. The second kappa shape index (κ2) is 9.85. The Kier molecular flexibility index (Phi) is 6.73. The number of nitrogens with one attached hydrogen (secondary N) is 1. The van der Waals surface area contributed by atoms with E-state index < -0.39 is 23.9 Å². The van der Waals surface area contributed by atoms with Crippen molar-refractivity contribution in [3.8, 4) is 17.9 Å². The van der Waals surface area contributed by atoms with Crippen LogP contribution in [0, 0.1) is 34.9 Å². The van der Waals surface area contributed by atoms with Gasteiger partial charge in [0.25, 0.3) is 0 Å². The van der Waals surface area contributed by atoms with E-state index in [0.29, 0.717) is 11.6 Å². The third-order valence-electron chi connectivity index (χ3n) is 6.38. The lowest BCUT2D eigenvalue weighted by Gasteiger charge is -2.51. The Balaban J connectivity index is 1.45. The van der Waals surface area contributed by atoms with E-state index in [1.54, 1.807) is 0 Å². The lowest BCUT2D eigenvalue weighted by Crippen LogP contribution is -2.66. The van der Waals surface area contributed by atoms with Gasteiger partial charge in [-0.15, -0.1) is 0 Å². The Morgan fingerprint density at radius 2 is 1.78 bits per heavy atom. The molecule has 1 aliphatic carbocycles. The number of halogens is 1. The van der Waals surface area contributed by atoms with E-state index in [2.05, 4.69) is 23.2 Å². The molecule has 1 saturated heterocycles. The molecule has 5 nitrogen and oxygen atoms in total. The van der Waals surface area contributed by atoms with Gasteiger partial charge in [-0.05, 0) is 54.8 Å². The maximum Gasteiger partial charge on any atom is 0.323 e. The molecule has 2 aliphatic rings. The highest BCUT2D eigenvalue weighted by molar-refractivity contribution is 5.91. The largest absolute Gasteiger partial charge is 0.394 e. The van der Waals surface area contributed by atoms with Crippen LogP contribution in [0.25, 0.3) is 0 Å². The average molecular weight is 432 g/mol. The molecule has 1 saturated carbocycles. The predicted octanol–water partition coefficient (Wildman–Crippen LogP) is 4.64. The fraction of sp³-hybridized carbons (Fsp3) is 0.385. The van der Waals surface area contributed by atoms with E-state index in [1.165, 1.54) is 61.3 Å². The number of rotatable bonds is 3. The van der Waals surface area contributed by atoms with Crippen molar-refractivity contribution in [2.24, 2.45) is 5.92 Å². The number of hydrogen-bond donors (Lipinski definition) is 2. The maximum absolute atomic E-state index is 13.1. The molecule has 32 heavy (non-hydrogen) atoms. The van der Waals surface area contributed by atoms with Gasteiger partial charge in [0.2, 0.25) is 0 Å². The zero-order chi connectivity index (χ0) is 22.5. The van der Waals surface area contributed by atoms with Gasteiger partial charge in [-0.1, -0.05) is 43.2 Å². The van der Waals surface area contributed by atoms with Crippen LogP contribution in [0.1, 0.15) is 49.1 Å². The van der Waals surface area contributed by atoms with Gasteiger partial charge in [-0.2, -0.15) is 5.26 Å². The molecule has 4 rings (SSSR count). The minimum Gasteiger partial charge on any atom is -0.394 e. The minimum absolute atomic E-state index is 0.261. The molecular weight excluding hydrogens is 405 g/mol. The number of nitrogens with zero attached hydrogens (tertiary/aromatic N) is 2. The molecule has 2 aromatic rings. The number of anilines is 1. The van der Waals surface area contributed by atoms with Crippen molar-refractivity contribution in [1.29, 1.82) is 5.26 Å². The molecule has 3 atom stereocenters. The Morgan fingerprint density at radius 3 is 2.41 bits per heavy atom. The normalized spacial score (nSPS) is 22.8. The molecule has 164 valence electrons. The van der Waals surface area contributed by atoms with Crippen molar-refractivity contribution < 1.29 is 14.3 Å². The van der Waals surface area contributed by atoms with Crippen LogP contribution in [-0.4, -0.2) is 34.7 Å². The first-order chi connectivity index (χ1) is 15.6. The van der Waals surface area contributed by atoms with E-state index >= 15 is 0 Å². The lowest BCUT2D eigenvalue weighted by atomic mass is 9.76. The summed E-state index contributed by atoms with van der Waals surface area (Å²) in [4.78, 5) is 14.1. The van der Waals surface area contributed by atoms with Crippen LogP contribution in [0.2, 0.25) is 0 Å². The second-order valence-electron chi connectivity index (χ2n) is 8.42.